The van der Waals surface area contributed by atoms with E-state index < -0.39 is 0 Å². The van der Waals surface area contributed by atoms with E-state index in [9.17, 15) is 4.79 Å². The van der Waals surface area contributed by atoms with Crippen molar-refractivity contribution in [2.24, 2.45) is 5.92 Å². The van der Waals surface area contributed by atoms with Crippen LogP contribution in [0, 0.1) is 12.8 Å². The number of benzene rings is 1. The third-order valence-corrected chi connectivity index (χ3v) is 4.61. The molecule has 1 aliphatic heterocycles. The molecule has 1 aliphatic rings. The van der Waals surface area contributed by atoms with Crippen LogP contribution in [0.25, 0.3) is 0 Å². The van der Waals surface area contributed by atoms with Crippen molar-refractivity contribution >= 4 is 18.3 Å². The van der Waals surface area contributed by atoms with Crippen LogP contribution >= 0.6 is 12.4 Å². The first-order chi connectivity index (χ1) is 10.7. The standard InChI is InChI=1S/C18H29N3O.ClH/c1-15-5-3-4-6-17(15)13-20-18(22)14-21-11-8-16(9-12-21)7-10-19-2;/h3-6,16,19H,7-14H2,1-2H3,(H,20,22);1H. The van der Waals surface area contributed by atoms with Crippen molar-refractivity contribution in [2.75, 3.05) is 33.2 Å². The number of amides is 1. The molecule has 1 aromatic rings. The molecule has 0 bridgehead atoms. The van der Waals surface area contributed by atoms with Gasteiger partial charge < -0.3 is 10.6 Å². The van der Waals surface area contributed by atoms with Crippen molar-refractivity contribution in [2.45, 2.75) is 32.7 Å². The first kappa shape index (κ1) is 19.9. The molecule has 0 spiro atoms. The van der Waals surface area contributed by atoms with Crippen LogP contribution in [0.4, 0.5) is 0 Å². The second kappa shape index (κ2) is 10.6. The first-order valence-electron chi connectivity index (χ1n) is 8.37. The number of hydrogen-bond donors (Lipinski definition) is 2. The number of rotatable bonds is 7. The van der Waals surface area contributed by atoms with E-state index in [1.165, 1.54) is 30.4 Å². The van der Waals surface area contributed by atoms with Gasteiger partial charge in [0, 0.05) is 6.54 Å². The number of piperidine rings is 1. The number of likely N-dealkylation sites (tertiary alicyclic amines) is 1. The summed E-state index contributed by atoms with van der Waals surface area (Å²) in [6, 6.07) is 8.20. The second-order valence-electron chi connectivity index (χ2n) is 6.31. The van der Waals surface area contributed by atoms with Gasteiger partial charge in [0.1, 0.15) is 0 Å². The lowest BCUT2D eigenvalue weighted by Gasteiger charge is -2.31. The molecule has 0 atom stereocenters. The van der Waals surface area contributed by atoms with Gasteiger partial charge in [-0.05, 0) is 69.9 Å². The Labute approximate surface area is 146 Å². The highest BCUT2D eigenvalue weighted by atomic mass is 35.5. The molecule has 0 unspecified atom stereocenters. The molecule has 0 saturated carbocycles. The van der Waals surface area contributed by atoms with Crippen LogP contribution in [0.3, 0.4) is 0 Å². The highest BCUT2D eigenvalue weighted by Gasteiger charge is 2.20. The monoisotopic (exact) mass is 339 g/mol. The number of carbonyl (C=O) groups is 1. The Balaban J connectivity index is 0.00000264. The van der Waals surface area contributed by atoms with Gasteiger partial charge in [0.05, 0.1) is 6.54 Å². The van der Waals surface area contributed by atoms with Crippen LogP contribution in [0.15, 0.2) is 24.3 Å². The number of nitrogens with zero attached hydrogens (tertiary/aromatic N) is 1. The predicted molar refractivity (Wildman–Crippen MR) is 98.0 cm³/mol. The topological polar surface area (TPSA) is 44.4 Å². The van der Waals surface area contributed by atoms with E-state index in [1.54, 1.807) is 0 Å². The Hall–Kier alpha value is -1.10. The van der Waals surface area contributed by atoms with Crippen molar-refractivity contribution in [1.29, 1.82) is 0 Å². The molecule has 1 fully saturated rings. The molecule has 0 aromatic heterocycles. The minimum atomic E-state index is 0. The van der Waals surface area contributed by atoms with E-state index in [4.69, 9.17) is 0 Å². The van der Waals surface area contributed by atoms with Crippen molar-refractivity contribution in [1.82, 2.24) is 15.5 Å². The van der Waals surface area contributed by atoms with Crippen molar-refractivity contribution in [3.05, 3.63) is 35.4 Å². The average Bonchev–Trinajstić information content (AvgIpc) is 2.53. The summed E-state index contributed by atoms with van der Waals surface area (Å²) in [7, 11) is 2.01. The van der Waals surface area contributed by atoms with Gasteiger partial charge in [0.2, 0.25) is 5.91 Å². The van der Waals surface area contributed by atoms with Gasteiger partial charge in [-0.1, -0.05) is 24.3 Å². The highest BCUT2D eigenvalue weighted by Crippen LogP contribution is 2.19. The van der Waals surface area contributed by atoms with E-state index >= 15 is 0 Å². The van der Waals surface area contributed by atoms with Gasteiger partial charge in [0.25, 0.3) is 0 Å². The van der Waals surface area contributed by atoms with Crippen LogP contribution in [0.5, 0.6) is 0 Å². The molecule has 2 N–H and O–H groups in total. The molecular weight excluding hydrogens is 310 g/mol. The minimum Gasteiger partial charge on any atom is -0.351 e. The fourth-order valence-electron chi connectivity index (χ4n) is 3.04. The Morgan fingerprint density at radius 1 is 1.26 bits per heavy atom. The van der Waals surface area contributed by atoms with Crippen LogP contribution in [-0.4, -0.2) is 44.0 Å². The second-order valence-corrected chi connectivity index (χ2v) is 6.31. The fourth-order valence-corrected chi connectivity index (χ4v) is 3.04. The summed E-state index contributed by atoms with van der Waals surface area (Å²) in [6.45, 7) is 6.44. The van der Waals surface area contributed by atoms with Crippen molar-refractivity contribution < 1.29 is 4.79 Å². The number of carbonyl (C=O) groups excluding carboxylic acids is 1. The average molecular weight is 340 g/mol. The fraction of sp³-hybridized carbons (Fsp3) is 0.611. The summed E-state index contributed by atoms with van der Waals surface area (Å²) in [6.07, 6.45) is 3.68. The van der Waals surface area contributed by atoms with Gasteiger partial charge in [-0.3, -0.25) is 9.69 Å². The molecule has 5 heteroatoms. The maximum absolute atomic E-state index is 12.1. The first-order valence-corrected chi connectivity index (χ1v) is 8.37. The van der Waals surface area contributed by atoms with Crippen LogP contribution in [0.1, 0.15) is 30.4 Å². The maximum atomic E-state index is 12.1. The van der Waals surface area contributed by atoms with Gasteiger partial charge in [0.15, 0.2) is 0 Å². The zero-order valence-corrected chi connectivity index (χ0v) is 15.1. The molecule has 2 rings (SSSR count). The van der Waals surface area contributed by atoms with E-state index in [2.05, 4.69) is 34.6 Å². The molecule has 1 amide bonds. The quantitative estimate of drug-likeness (QED) is 0.801. The lowest BCUT2D eigenvalue weighted by atomic mass is 9.93. The Bertz CT molecular complexity index is 473. The Morgan fingerprint density at radius 3 is 2.61 bits per heavy atom. The molecule has 130 valence electrons. The van der Waals surface area contributed by atoms with Crippen molar-refractivity contribution in [3.8, 4) is 0 Å². The molecule has 23 heavy (non-hydrogen) atoms. The predicted octanol–water partition coefficient (Wildman–Crippen LogP) is 2.35. The number of nitrogens with one attached hydrogen (secondary N) is 2. The number of halogens is 1. The van der Waals surface area contributed by atoms with Crippen molar-refractivity contribution in [3.63, 3.8) is 0 Å². The van der Waals surface area contributed by atoms with Gasteiger partial charge in [-0.2, -0.15) is 0 Å². The smallest absolute Gasteiger partial charge is 0.234 e. The summed E-state index contributed by atoms with van der Waals surface area (Å²) >= 11 is 0. The zero-order chi connectivity index (χ0) is 15.8. The molecule has 0 aliphatic carbocycles. The van der Waals surface area contributed by atoms with Crippen LogP contribution < -0.4 is 10.6 Å². The van der Waals surface area contributed by atoms with E-state index in [1.807, 2.05) is 19.2 Å². The van der Waals surface area contributed by atoms with Gasteiger partial charge >= 0.3 is 0 Å². The summed E-state index contributed by atoms with van der Waals surface area (Å²) in [5.74, 6) is 0.954. The summed E-state index contributed by atoms with van der Waals surface area (Å²) < 4.78 is 0. The Morgan fingerprint density at radius 2 is 1.96 bits per heavy atom. The largest absolute Gasteiger partial charge is 0.351 e. The van der Waals surface area contributed by atoms with Gasteiger partial charge in [-0.25, -0.2) is 0 Å². The third kappa shape index (κ3) is 6.90. The number of hydrogen-bond acceptors (Lipinski definition) is 3. The summed E-state index contributed by atoms with van der Waals surface area (Å²) in [4.78, 5) is 14.4. The highest BCUT2D eigenvalue weighted by molar-refractivity contribution is 5.85. The van der Waals surface area contributed by atoms with E-state index in [0.29, 0.717) is 13.1 Å². The Kier molecular flexibility index (Phi) is 9.22. The molecule has 1 aromatic carbocycles. The van der Waals surface area contributed by atoms with Crippen LogP contribution in [-0.2, 0) is 11.3 Å². The van der Waals surface area contributed by atoms with E-state index in [0.717, 1.165) is 25.6 Å². The lowest BCUT2D eigenvalue weighted by molar-refractivity contribution is -0.122. The maximum Gasteiger partial charge on any atom is 0.234 e. The molecule has 4 nitrogen and oxygen atoms in total. The molecule has 1 saturated heterocycles. The zero-order valence-electron chi connectivity index (χ0n) is 14.3. The SMILES string of the molecule is CNCCC1CCN(CC(=O)NCc2ccccc2C)CC1.Cl. The third-order valence-electron chi connectivity index (χ3n) is 4.61. The van der Waals surface area contributed by atoms with E-state index in [-0.39, 0.29) is 18.3 Å². The molecule has 0 radical (unpaired) electrons. The van der Waals surface area contributed by atoms with Gasteiger partial charge in [-0.15, -0.1) is 12.4 Å². The lowest BCUT2D eigenvalue weighted by Crippen LogP contribution is -2.41. The summed E-state index contributed by atoms with van der Waals surface area (Å²) in [5.41, 5.74) is 2.43. The summed E-state index contributed by atoms with van der Waals surface area (Å²) in [5, 5.41) is 6.26. The minimum absolute atomic E-state index is 0. The number of aryl methyl sites for hydroxylation is 1. The van der Waals surface area contributed by atoms with Crippen LogP contribution in [0.2, 0.25) is 0 Å². The molecular formula is C18H30ClN3O. The molecule has 1 heterocycles. The normalized spacial score (nSPS) is 15.9.